The molecule has 1 unspecified atom stereocenters. The molecule has 7 rings (SSSR count). The Kier molecular flexibility index (Phi) is 8.58. The zero-order valence-electron chi connectivity index (χ0n) is 29.5. The molecule has 3 heteroatoms. The molecule has 1 N–H and O–H groups in total. The molecule has 1 atom stereocenters. The molecule has 1 fully saturated rings. The average Bonchev–Trinajstić information content (AvgIpc) is 3.11. The van der Waals surface area contributed by atoms with Gasteiger partial charge in [0.1, 0.15) is 12.0 Å². The molecule has 0 aromatic heterocycles. The van der Waals surface area contributed by atoms with Gasteiger partial charge in [-0.1, -0.05) is 158 Å². The summed E-state index contributed by atoms with van der Waals surface area (Å²) in [5.41, 5.74) is 10.0. The van der Waals surface area contributed by atoms with Crippen LogP contribution < -0.4 is 5.32 Å². The predicted molar refractivity (Wildman–Crippen MR) is 204 cm³/mol. The van der Waals surface area contributed by atoms with Crippen LogP contribution >= 0.6 is 0 Å². The SMILES string of the molecule is CC(C)(C)c1ccc(C2=NC(c3ccc4cc(-c5ccc(C6CCCCC6)cc5)ccc4c3)=NC(c3ccc(C(C)(C)C)cc3)N2)cc1. The minimum atomic E-state index is -0.238. The van der Waals surface area contributed by atoms with E-state index in [2.05, 4.69) is 156 Å². The maximum Gasteiger partial charge on any atom is 0.159 e. The Labute approximate surface area is 287 Å². The quantitative estimate of drug-likeness (QED) is 0.206. The Hall–Kier alpha value is -4.50. The highest BCUT2D eigenvalue weighted by atomic mass is 15.2. The van der Waals surface area contributed by atoms with Crippen LogP contribution in [0.5, 0.6) is 0 Å². The molecule has 0 spiro atoms. The van der Waals surface area contributed by atoms with Gasteiger partial charge < -0.3 is 5.32 Å². The molecule has 5 aromatic carbocycles. The number of nitrogens with zero attached hydrogens (tertiary/aromatic N) is 2. The molecule has 2 aliphatic rings. The van der Waals surface area contributed by atoms with Crippen LogP contribution in [0.2, 0.25) is 0 Å². The Morgan fingerprint density at radius 2 is 1.02 bits per heavy atom. The van der Waals surface area contributed by atoms with Crippen LogP contribution in [0, 0.1) is 0 Å². The Morgan fingerprint density at radius 3 is 1.62 bits per heavy atom. The second-order valence-electron chi connectivity index (χ2n) is 15.9. The van der Waals surface area contributed by atoms with Crippen molar-refractivity contribution in [1.29, 1.82) is 0 Å². The lowest BCUT2D eigenvalue weighted by Crippen LogP contribution is -2.33. The predicted octanol–water partition coefficient (Wildman–Crippen LogP) is 11.6. The lowest BCUT2D eigenvalue weighted by Gasteiger charge is -2.25. The summed E-state index contributed by atoms with van der Waals surface area (Å²) in [5.74, 6) is 2.32. The fourth-order valence-electron chi connectivity index (χ4n) is 7.14. The highest BCUT2D eigenvalue weighted by Gasteiger charge is 2.23. The minimum Gasteiger partial charge on any atom is -0.344 e. The normalized spacial score (nSPS) is 17.5. The third-order valence-corrected chi connectivity index (χ3v) is 10.3. The molecule has 3 nitrogen and oxygen atoms in total. The molecule has 1 saturated carbocycles. The number of hydrogen-bond acceptors (Lipinski definition) is 3. The third kappa shape index (κ3) is 6.88. The van der Waals surface area contributed by atoms with Gasteiger partial charge in [-0.15, -0.1) is 0 Å². The molecule has 0 amide bonds. The van der Waals surface area contributed by atoms with Gasteiger partial charge in [-0.2, -0.15) is 0 Å². The van der Waals surface area contributed by atoms with Crippen molar-refractivity contribution in [3.63, 3.8) is 0 Å². The lowest BCUT2D eigenvalue weighted by molar-refractivity contribution is 0.443. The molecule has 1 aliphatic heterocycles. The lowest BCUT2D eigenvalue weighted by atomic mass is 9.83. The third-order valence-electron chi connectivity index (χ3n) is 10.3. The zero-order chi connectivity index (χ0) is 33.5. The second-order valence-corrected chi connectivity index (χ2v) is 15.9. The van der Waals surface area contributed by atoms with Crippen LogP contribution in [0.3, 0.4) is 0 Å². The summed E-state index contributed by atoms with van der Waals surface area (Å²) >= 11 is 0. The first kappa shape index (κ1) is 32.1. The van der Waals surface area contributed by atoms with Crippen LogP contribution in [-0.2, 0) is 10.8 Å². The van der Waals surface area contributed by atoms with E-state index in [9.17, 15) is 0 Å². The molecule has 1 aliphatic carbocycles. The molecule has 0 radical (unpaired) electrons. The van der Waals surface area contributed by atoms with Crippen LogP contribution in [0.15, 0.2) is 119 Å². The summed E-state index contributed by atoms with van der Waals surface area (Å²) in [4.78, 5) is 10.3. The summed E-state index contributed by atoms with van der Waals surface area (Å²) in [5, 5.41) is 6.06. The van der Waals surface area contributed by atoms with Crippen molar-refractivity contribution >= 4 is 22.4 Å². The summed E-state index contributed by atoms with van der Waals surface area (Å²) < 4.78 is 0. The number of rotatable bonds is 5. The monoisotopic (exact) mass is 631 g/mol. The second kappa shape index (κ2) is 12.8. The van der Waals surface area contributed by atoms with E-state index < -0.39 is 0 Å². The van der Waals surface area contributed by atoms with E-state index in [4.69, 9.17) is 9.98 Å². The zero-order valence-corrected chi connectivity index (χ0v) is 29.5. The molecule has 244 valence electrons. The largest absolute Gasteiger partial charge is 0.344 e. The van der Waals surface area contributed by atoms with Crippen molar-refractivity contribution in [3.8, 4) is 11.1 Å². The van der Waals surface area contributed by atoms with Gasteiger partial charge in [-0.05, 0) is 85.9 Å². The van der Waals surface area contributed by atoms with Gasteiger partial charge in [0.15, 0.2) is 5.84 Å². The molecular weight excluding hydrogens is 583 g/mol. The van der Waals surface area contributed by atoms with Gasteiger partial charge >= 0.3 is 0 Å². The maximum atomic E-state index is 5.18. The first-order valence-corrected chi connectivity index (χ1v) is 17.8. The molecule has 0 saturated heterocycles. The van der Waals surface area contributed by atoms with E-state index in [0.29, 0.717) is 0 Å². The van der Waals surface area contributed by atoms with E-state index in [-0.39, 0.29) is 17.0 Å². The first-order chi connectivity index (χ1) is 23.0. The summed E-state index contributed by atoms with van der Waals surface area (Å²) in [6.07, 6.45) is 6.55. The fraction of sp³-hybridized carbons (Fsp3) is 0.333. The maximum absolute atomic E-state index is 5.18. The van der Waals surface area contributed by atoms with Gasteiger partial charge in [0.2, 0.25) is 0 Å². The highest BCUT2D eigenvalue weighted by Crippen LogP contribution is 2.34. The summed E-state index contributed by atoms with van der Waals surface area (Å²) in [7, 11) is 0. The molecular formula is C45H49N3. The molecule has 0 bridgehead atoms. The number of amidine groups is 2. The number of hydrogen-bond donors (Lipinski definition) is 1. The fourth-order valence-corrected chi connectivity index (χ4v) is 7.14. The topological polar surface area (TPSA) is 36.8 Å². The van der Waals surface area contributed by atoms with Gasteiger partial charge in [0, 0.05) is 11.1 Å². The Morgan fingerprint density at radius 1 is 0.521 bits per heavy atom. The average molecular weight is 632 g/mol. The van der Waals surface area contributed by atoms with Gasteiger partial charge in [-0.3, -0.25) is 0 Å². The van der Waals surface area contributed by atoms with Crippen LogP contribution in [0.1, 0.15) is 119 Å². The first-order valence-electron chi connectivity index (χ1n) is 17.8. The standard InChI is InChI=1S/C45H49N3/c1-44(2,3)39-24-20-33(21-25-39)41-46-42(34-22-26-40(27-23-34)45(4,5)6)48-43(47-41)38-19-18-36-28-35(16-17-37(36)29-38)32-14-12-31(13-15-32)30-10-8-7-9-11-30/h12-30,41H,7-11H2,1-6H3,(H,46,47,48). The van der Waals surface area contributed by atoms with E-state index in [1.807, 2.05) is 0 Å². The molecule has 5 aromatic rings. The Balaban J connectivity index is 1.21. The van der Waals surface area contributed by atoms with E-state index in [1.54, 1.807) is 0 Å². The van der Waals surface area contributed by atoms with Crippen LogP contribution in [0.4, 0.5) is 0 Å². The van der Waals surface area contributed by atoms with Crippen LogP contribution in [-0.4, -0.2) is 11.7 Å². The molecule has 1 heterocycles. The van der Waals surface area contributed by atoms with Gasteiger partial charge in [0.25, 0.3) is 0 Å². The van der Waals surface area contributed by atoms with E-state index in [0.717, 1.165) is 34.3 Å². The van der Waals surface area contributed by atoms with Crippen molar-refractivity contribution in [2.45, 2.75) is 96.6 Å². The minimum absolute atomic E-state index is 0.0909. The summed E-state index contributed by atoms with van der Waals surface area (Å²) in [6.45, 7) is 13.5. The van der Waals surface area contributed by atoms with E-state index >= 15 is 0 Å². The van der Waals surface area contributed by atoms with Crippen molar-refractivity contribution < 1.29 is 0 Å². The van der Waals surface area contributed by atoms with Crippen LogP contribution in [0.25, 0.3) is 21.9 Å². The van der Waals surface area contributed by atoms with E-state index in [1.165, 1.54) is 70.7 Å². The number of fused-ring (bicyclic) bond motifs is 1. The molecule has 48 heavy (non-hydrogen) atoms. The van der Waals surface area contributed by atoms with Gasteiger partial charge in [-0.25, -0.2) is 9.98 Å². The van der Waals surface area contributed by atoms with Crippen molar-refractivity contribution in [2.75, 3.05) is 0 Å². The van der Waals surface area contributed by atoms with Crippen molar-refractivity contribution in [3.05, 3.63) is 143 Å². The number of benzene rings is 5. The number of aliphatic imine (C=N–C) groups is 2. The Bertz CT molecular complexity index is 1960. The van der Waals surface area contributed by atoms with Gasteiger partial charge in [0.05, 0.1) is 0 Å². The highest BCUT2D eigenvalue weighted by molar-refractivity contribution is 6.14. The van der Waals surface area contributed by atoms with Crippen molar-refractivity contribution in [1.82, 2.24) is 5.32 Å². The van der Waals surface area contributed by atoms with Crippen molar-refractivity contribution in [2.24, 2.45) is 9.98 Å². The smallest absolute Gasteiger partial charge is 0.159 e. The summed E-state index contributed by atoms with van der Waals surface area (Å²) in [6, 6.07) is 40.4. The number of nitrogens with one attached hydrogen (secondary N) is 1.